The Morgan fingerprint density at radius 1 is 1.53 bits per heavy atom. The van der Waals surface area contributed by atoms with Gasteiger partial charge < -0.3 is 15.0 Å². The maximum atomic E-state index is 11.2. The van der Waals surface area contributed by atoms with Crippen molar-refractivity contribution in [3.8, 4) is 0 Å². The molecule has 0 aromatic carbocycles. The summed E-state index contributed by atoms with van der Waals surface area (Å²) in [5, 5.41) is 11.4. The molecule has 0 aliphatic carbocycles. The average molecular weight is 210 g/mol. The van der Waals surface area contributed by atoms with Crippen LogP contribution in [0.1, 0.15) is 30.3 Å². The monoisotopic (exact) mass is 210 g/mol. The summed E-state index contributed by atoms with van der Waals surface area (Å²) in [5.74, 6) is -1.10. The summed E-state index contributed by atoms with van der Waals surface area (Å²) in [5.41, 5.74) is 0.676. The number of hydrogen-bond acceptors (Lipinski definition) is 2. The number of aromatic nitrogens is 1. The van der Waals surface area contributed by atoms with Gasteiger partial charge in [-0.1, -0.05) is 6.92 Å². The predicted molar refractivity (Wildman–Crippen MR) is 55.9 cm³/mol. The van der Waals surface area contributed by atoms with Gasteiger partial charge in [-0.25, -0.2) is 4.79 Å². The molecule has 0 unspecified atom stereocenters. The normalized spacial score (nSPS) is 10.0. The first-order chi connectivity index (χ1) is 7.04. The molecule has 1 aromatic heterocycles. The number of aromatic carboxylic acids is 1. The highest BCUT2D eigenvalue weighted by molar-refractivity contribution is 5.93. The summed E-state index contributed by atoms with van der Waals surface area (Å²) < 4.78 is 1.46. The number of nitrogens with zero attached hydrogens (tertiary/aromatic N) is 1. The number of hydrogen-bond donors (Lipinski definition) is 2. The number of carboxylic acids is 1. The van der Waals surface area contributed by atoms with Gasteiger partial charge in [0.2, 0.25) is 5.91 Å². The van der Waals surface area contributed by atoms with Crippen molar-refractivity contribution < 1.29 is 14.7 Å². The van der Waals surface area contributed by atoms with Gasteiger partial charge >= 0.3 is 5.97 Å². The molecule has 0 radical (unpaired) electrons. The predicted octanol–water partition coefficient (Wildman–Crippen LogP) is 1.46. The molecule has 0 saturated heterocycles. The van der Waals surface area contributed by atoms with Crippen molar-refractivity contribution in [2.75, 3.05) is 5.32 Å². The fraction of sp³-hybridized carbons (Fsp3) is 0.400. The Kier molecular flexibility index (Phi) is 3.49. The molecular weight excluding hydrogens is 196 g/mol. The molecule has 82 valence electrons. The highest BCUT2D eigenvalue weighted by Crippen LogP contribution is 2.13. The number of aryl methyl sites for hydroxylation is 1. The van der Waals surface area contributed by atoms with Crippen LogP contribution in [-0.2, 0) is 11.8 Å². The van der Waals surface area contributed by atoms with E-state index in [4.69, 9.17) is 5.11 Å². The zero-order chi connectivity index (χ0) is 11.4. The molecule has 1 rings (SSSR count). The van der Waals surface area contributed by atoms with Crippen molar-refractivity contribution in [3.63, 3.8) is 0 Å². The Labute approximate surface area is 87.7 Å². The van der Waals surface area contributed by atoms with Crippen LogP contribution < -0.4 is 5.32 Å². The molecule has 1 amide bonds. The minimum Gasteiger partial charge on any atom is -0.477 e. The van der Waals surface area contributed by atoms with Crippen LogP contribution in [0.15, 0.2) is 12.3 Å². The molecule has 15 heavy (non-hydrogen) atoms. The first-order valence-corrected chi connectivity index (χ1v) is 4.74. The van der Waals surface area contributed by atoms with E-state index < -0.39 is 5.97 Å². The molecular formula is C10H14N2O3. The van der Waals surface area contributed by atoms with Crippen LogP contribution in [0.25, 0.3) is 0 Å². The van der Waals surface area contributed by atoms with Crippen molar-refractivity contribution in [2.45, 2.75) is 19.8 Å². The van der Waals surface area contributed by atoms with E-state index in [1.807, 2.05) is 6.92 Å². The van der Waals surface area contributed by atoms with Crippen LogP contribution in [0.3, 0.4) is 0 Å². The molecule has 1 aromatic rings. The minimum absolute atomic E-state index is 0.0972. The van der Waals surface area contributed by atoms with Crippen LogP contribution >= 0.6 is 0 Å². The van der Waals surface area contributed by atoms with Gasteiger partial charge in [-0.05, 0) is 12.5 Å². The largest absolute Gasteiger partial charge is 0.477 e. The lowest BCUT2D eigenvalue weighted by atomic mass is 10.3. The molecule has 1 heterocycles. The smallest absolute Gasteiger partial charge is 0.352 e. The molecule has 0 bridgehead atoms. The van der Waals surface area contributed by atoms with Gasteiger partial charge in [0.15, 0.2) is 0 Å². The zero-order valence-electron chi connectivity index (χ0n) is 8.78. The quantitative estimate of drug-likeness (QED) is 0.790. The SMILES string of the molecule is CCCC(=O)Nc1cc(C(=O)O)n(C)c1. The maximum Gasteiger partial charge on any atom is 0.352 e. The molecule has 0 aliphatic rings. The van der Waals surface area contributed by atoms with Gasteiger partial charge in [0.25, 0.3) is 0 Å². The highest BCUT2D eigenvalue weighted by Gasteiger charge is 2.10. The van der Waals surface area contributed by atoms with E-state index in [0.717, 1.165) is 6.42 Å². The number of nitrogens with one attached hydrogen (secondary N) is 1. The Balaban J connectivity index is 2.75. The summed E-state index contributed by atoms with van der Waals surface area (Å²) in [4.78, 5) is 21.9. The topological polar surface area (TPSA) is 71.3 Å². The van der Waals surface area contributed by atoms with Gasteiger partial charge in [-0.2, -0.15) is 0 Å². The van der Waals surface area contributed by atoms with Gasteiger partial charge in [-0.15, -0.1) is 0 Å². The van der Waals surface area contributed by atoms with Crippen LogP contribution in [0, 0.1) is 0 Å². The lowest BCUT2D eigenvalue weighted by Crippen LogP contribution is -2.09. The number of carboxylic acid groups (broad SMARTS) is 1. The fourth-order valence-electron chi connectivity index (χ4n) is 1.30. The van der Waals surface area contributed by atoms with Gasteiger partial charge in [0.1, 0.15) is 5.69 Å². The second kappa shape index (κ2) is 4.63. The van der Waals surface area contributed by atoms with Crippen molar-refractivity contribution in [2.24, 2.45) is 7.05 Å². The molecule has 0 aliphatic heterocycles. The third-order valence-electron chi connectivity index (χ3n) is 1.98. The number of carbonyl (C=O) groups excluding carboxylic acids is 1. The van der Waals surface area contributed by atoms with Crippen molar-refractivity contribution in [1.82, 2.24) is 4.57 Å². The zero-order valence-corrected chi connectivity index (χ0v) is 8.78. The van der Waals surface area contributed by atoms with E-state index in [9.17, 15) is 9.59 Å². The number of rotatable bonds is 4. The Bertz CT molecular complexity index is 382. The second-order valence-electron chi connectivity index (χ2n) is 3.33. The summed E-state index contributed by atoms with van der Waals surface area (Å²) in [6.07, 6.45) is 2.79. The first kappa shape index (κ1) is 11.3. The molecule has 0 atom stereocenters. The maximum absolute atomic E-state index is 11.2. The second-order valence-corrected chi connectivity index (χ2v) is 3.33. The van der Waals surface area contributed by atoms with Crippen molar-refractivity contribution >= 4 is 17.6 Å². The van der Waals surface area contributed by atoms with Crippen LogP contribution in [0.4, 0.5) is 5.69 Å². The van der Waals surface area contributed by atoms with Gasteiger partial charge in [0, 0.05) is 19.7 Å². The number of amides is 1. The van der Waals surface area contributed by atoms with Crippen molar-refractivity contribution in [1.29, 1.82) is 0 Å². The Morgan fingerprint density at radius 3 is 2.67 bits per heavy atom. The summed E-state index contributed by atoms with van der Waals surface area (Å²) in [7, 11) is 1.62. The first-order valence-electron chi connectivity index (χ1n) is 4.74. The third kappa shape index (κ3) is 2.83. The molecule has 0 spiro atoms. The molecule has 5 heteroatoms. The van der Waals surface area contributed by atoms with E-state index in [0.29, 0.717) is 12.1 Å². The van der Waals surface area contributed by atoms with Crippen molar-refractivity contribution in [3.05, 3.63) is 18.0 Å². The minimum atomic E-state index is -1.01. The van der Waals surface area contributed by atoms with Crippen LogP contribution in [-0.4, -0.2) is 21.6 Å². The van der Waals surface area contributed by atoms with Gasteiger partial charge in [-0.3, -0.25) is 4.79 Å². The summed E-state index contributed by atoms with van der Waals surface area (Å²) >= 11 is 0. The van der Waals surface area contributed by atoms with Gasteiger partial charge in [0.05, 0.1) is 5.69 Å². The summed E-state index contributed by atoms with van der Waals surface area (Å²) in [6.45, 7) is 1.91. The fourth-order valence-corrected chi connectivity index (χ4v) is 1.30. The average Bonchev–Trinajstić information content (AvgIpc) is 2.47. The van der Waals surface area contributed by atoms with Crippen LogP contribution in [0.2, 0.25) is 0 Å². The lowest BCUT2D eigenvalue weighted by Gasteiger charge is -1.99. The Morgan fingerprint density at radius 2 is 2.20 bits per heavy atom. The number of carbonyl (C=O) groups is 2. The molecule has 0 fully saturated rings. The lowest BCUT2D eigenvalue weighted by molar-refractivity contribution is -0.116. The highest BCUT2D eigenvalue weighted by atomic mass is 16.4. The van der Waals surface area contributed by atoms with E-state index in [1.165, 1.54) is 10.6 Å². The van der Waals surface area contributed by atoms with E-state index in [-0.39, 0.29) is 11.6 Å². The number of anilines is 1. The van der Waals surface area contributed by atoms with E-state index in [1.54, 1.807) is 13.2 Å². The molecule has 2 N–H and O–H groups in total. The van der Waals surface area contributed by atoms with E-state index >= 15 is 0 Å². The van der Waals surface area contributed by atoms with E-state index in [2.05, 4.69) is 5.32 Å². The molecule has 0 saturated carbocycles. The Hall–Kier alpha value is -1.78. The summed E-state index contributed by atoms with van der Waals surface area (Å²) in [6, 6.07) is 1.44. The standard InChI is InChI=1S/C10H14N2O3/c1-3-4-9(13)11-7-5-8(10(14)15)12(2)6-7/h5-6H,3-4H2,1-2H3,(H,11,13)(H,14,15). The van der Waals surface area contributed by atoms with Crippen LogP contribution in [0.5, 0.6) is 0 Å². The molecule has 5 nitrogen and oxygen atoms in total. The third-order valence-corrected chi connectivity index (χ3v) is 1.98.